The molecule has 0 aromatic heterocycles. The molecule has 1 aliphatic heterocycles. The summed E-state index contributed by atoms with van der Waals surface area (Å²) in [5, 5.41) is 2.33. The molecule has 2 fully saturated rings. The molecule has 1 saturated carbocycles. The highest BCUT2D eigenvalue weighted by molar-refractivity contribution is 6.31. The lowest BCUT2D eigenvalue weighted by Crippen LogP contribution is -2.34. The van der Waals surface area contributed by atoms with Crippen molar-refractivity contribution >= 4 is 69.9 Å². The molecule has 7 nitrogen and oxygen atoms in total. The number of halogens is 3. The Labute approximate surface area is 211 Å². The first kappa shape index (κ1) is 24.5. The zero-order valence-corrected chi connectivity index (χ0v) is 20.4. The van der Waals surface area contributed by atoms with Crippen molar-refractivity contribution in [3.05, 3.63) is 58.6 Å². The van der Waals surface area contributed by atoms with Crippen molar-refractivity contribution in [2.24, 2.45) is 11.8 Å². The number of nitrogens with one attached hydrogen (secondary N) is 1. The van der Waals surface area contributed by atoms with Crippen LogP contribution in [0.5, 0.6) is 0 Å². The fourth-order valence-corrected chi connectivity index (χ4v) is 5.01. The van der Waals surface area contributed by atoms with Crippen LogP contribution in [0.4, 0.5) is 11.4 Å². The van der Waals surface area contributed by atoms with Gasteiger partial charge in [0.2, 0.25) is 11.8 Å². The molecular weight excluding hydrogens is 503 g/mol. The third kappa shape index (κ3) is 4.92. The van der Waals surface area contributed by atoms with Crippen molar-refractivity contribution in [2.45, 2.75) is 30.5 Å². The summed E-state index contributed by atoms with van der Waals surface area (Å²) in [6, 6.07) is 11.0. The number of benzene rings is 2. The number of anilines is 2. The SMILES string of the molecule is Cc1ccc(Cl)cc1NC(=O)COC(=O)c1cccc(N2C(=O)[C@@H]3C[C@@H](Cl)[C@@H](Cl)C[C@H]3C2=O)c1. The van der Waals surface area contributed by atoms with Gasteiger partial charge in [-0.05, 0) is 55.7 Å². The van der Waals surface area contributed by atoms with Crippen molar-refractivity contribution < 1.29 is 23.9 Å². The lowest BCUT2D eigenvalue weighted by atomic mass is 9.80. The lowest BCUT2D eigenvalue weighted by molar-refractivity contribution is -0.122. The predicted octanol–water partition coefficient (Wildman–Crippen LogP) is 4.56. The second-order valence-electron chi connectivity index (χ2n) is 8.36. The third-order valence-corrected chi connectivity index (χ3v) is 7.39. The van der Waals surface area contributed by atoms with E-state index in [2.05, 4.69) is 5.32 Å². The number of carbonyl (C=O) groups is 4. The number of nitrogens with zero attached hydrogens (tertiary/aromatic N) is 1. The van der Waals surface area contributed by atoms with E-state index >= 15 is 0 Å². The van der Waals surface area contributed by atoms with Gasteiger partial charge in [0, 0.05) is 10.7 Å². The Balaban J connectivity index is 1.42. The third-order valence-electron chi connectivity index (χ3n) is 6.06. The van der Waals surface area contributed by atoms with E-state index in [1.807, 2.05) is 0 Å². The van der Waals surface area contributed by atoms with Crippen LogP contribution in [0.2, 0.25) is 5.02 Å². The van der Waals surface area contributed by atoms with Gasteiger partial charge in [0.15, 0.2) is 6.61 Å². The molecule has 3 amide bonds. The summed E-state index contributed by atoms with van der Waals surface area (Å²) in [6.07, 6.45) is 0.648. The second kappa shape index (κ2) is 9.94. The number of alkyl halides is 2. The van der Waals surface area contributed by atoms with Gasteiger partial charge in [0.1, 0.15) is 0 Å². The van der Waals surface area contributed by atoms with E-state index in [-0.39, 0.29) is 33.8 Å². The highest BCUT2D eigenvalue weighted by Gasteiger charge is 2.52. The molecule has 1 saturated heterocycles. The van der Waals surface area contributed by atoms with Crippen LogP contribution in [0.1, 0.15) is 28.8 Å². The normalized spacial score (nSPS) is 24.1. The Morgan fingerprint density at radius 1 is 1.03 bits per heavy atom. The maximum atomic E-state index is 12.9. The molecule has 2 aliphatic rings. The van der Waals surface area contributed by atoms with E-state index < -0.39 is 30.3 Å². The number of hydrogen-bond donors (Lipinski definition) is 1. The van der Waals surface area contributed by atoms with Gasteiger partial charge in [-0.25, -0.2) is 4.79 Å². The summed E-state index contributed by atoms with van der Waals surface area (Å²) < 4.78 is 5.12. The number of aryl methyl sites for hydroxylation is 1. The summed E-state index contributed by atoms with van der Waals surface area (Å²) in [4.78, 5) is 51.7. The van der Waals surface area contributed by atoms with Gasteiger partial charge in [-0.15, -0.1) is 23.2 Å². The Kier molecular flexibility index (Phi) is 7.17. The topological polar surface area (TPSA) is 92.8 Å². The molecule has 0 unspecified atom stereocenters. The molecule has 0 spiro atoms. The highest BCUT2D eigenvalue weighted by atomic mass is 35.5. The van der Waals surface area contributed by atoms with Crippen LogP contribution in [0.3, 0.4) is 0 Å². The molecular formula is C24H21Cl3N2O5. The molecule has 0 radical (unpaired) electrons. The van der Waals surface area contributed by atoms with Crippen molar-refractivity contribution in [3.8, 4) is 0 Å². The van der Waals surface area contributed by atoms with Gasteiger partial charge in [-0.1, -0.05) is 23.7 Å². The Hall–Kier alpha value is -2.61. The number of esters is 1. The van der Waals surface area contributed by atoms with Crippen LogP contribution in [0.25, 0.3) is 0 Å². The quantitative estimate of drug-likeness (QED) is 0.352. The van der Waals surface area contributed by atoms with Crippen molar-refractivity contribution in [2.75, 3.05) is 16.8 Å². The summed E-state index contributed by atoms with van der Waals surface area (Å²) in [7, 11) is 0. The van der Waals surface area contributed by atoms with E-state index in [9.17, 15) is 19.2 Å². The molecule has 0 bridgehead atoms. The molecule has 10 heteroatoms. The number of rotatable bonds is 5. The first-order valence-electron chi connectivity index (χ1n) is 10.6. The molecule has 4 atom stereocenters. The number of fused-ring (bicyclic) bond motifs is 1. The van der Waals surface area contributed by atoms with Crippen LogP contribution in [-0.4, -0.2) is 41.1 Å². The van der Waals surface area contributed by atoms with E-state index in [1.165, 1.54) is 12.1 Å². The Morgan fingerprint density at radius 3 is 2.32 bits per heavy atom. The molecule has 1 heterocycles. The minimum absolute atomic E-state index is 0.102. The molecule has 178 valence electrons. The molecule has 34 heavy (non-hydrogen) atoms. The van der Waals surface area contributed by atoms with Crippen molar-refractivity contribution in [1.82, 2.24) is 0 Å². The molecule has 2 aromatic carbocycles. The zero-order chi connectivity index (χ0) is 24.6. The van der Waals surface area contributed by atoms with E-state index in [4.69, 9.17) is 39.5 Å². The first-order chi connectivity index (χ1) is 16.2. The molecule has 1 aliphatic carbocycles. The fourth-order valence-electron chi connectivity index (χ4n) is 4.25. The monoisotopic (exact) mass is 522 g/mol. The number of hydrogen-bond acceptors (Lipinski definition) is 5. The second-order valence-corrected chi connectivity index (χ2v) is 9.92. The van der Waals surface area contributed by atoms with Crippen LogP contribution < -0.4 is 10.2 Å². The number of ether oxygens (including phenoxy) is 1. The Morgan fingerprint density at radius 2 is 1.68 bits per heavy atom. The minimum Gasteiger partial charge on any atom is -0.452 e. The van der Waals surface area contributed by atoms with Gasteiger partial charge < -0.3 is 10.1 Å². The van der Waals surface area contributed by atoms with E-state index in [1.54, 1.807) is 37.3 Å². The maximum absolute atomic E-state index is 12.9. The summed E-state index contributed by atoms with van der Waals surface area (Å²) >= 11 is 18.4. The Bertz CT molecular complexity index is 1140. The molecule has 4 rings (SSSR count). The first-order valence-corrected chi connectivity index (χ1v) is 11.9. The largest absolute Gasteiger partial charge is 0.452 e. The van der Waals surface area contributed by atoms with Crippen LogP contribution in [-0.2, 0) is 19.1 Å². The fraction of sp³-hybridized carbons (Fsp3) is 0.333. The van der Waals surface area contributed by atoms with Gasteiger partial charge >= 0.3 is 5.97 Å². The van der Waals surface area contributed by atoms with Crippen molar-refractivity contribution in [3.63, 3.8) is 0 Å². The van der Waals surface area contributed by atoms with Gasteiger partial charge in [0.05, 0.1) is 33.8 Å². The maximum Gasteiger partial charge on any atom is 0.338 e. The number of amides is 3. The molecule has 1 N–H and O–H groups in total. The summed E-state index contributed by atoms with van der Waals surface area (Å²) in [5.41, 5.74) is 1.68. The average molecular weight is 524 g/mol. The number of imide groups is 1. The van der Waals surface area contributed by atoms with Gasteiger partial charge in [-0.3, -0.25) is 19.3 Å². The van der Waals surface area contributed by atoms with Crippen LogP contribution in [0, 0.1) is 18.8 Å². The van der Waals surface area contributed by atoms with E-state index in [0.29, 0.717) is 23.6 Å². The highest BCUT2D eigenvalue weighted by Crippen LogP contribution is 2.43. The minimum atomic E-state index is -0.766. The summed E-state index contributed by atoms with van der Waals surface area (Å²) in [6.45, 7) is 1.29. The zero-order valence-electron chi connectivity index (χ0n) is 18.1. The summed E-state index contributed by atoms with van der Waals surface area (Å²) in [5.74, 6) is -3.07. The van der Waals surface area contributed by atoms with Crippen LogP contribution in [0.15, 0.2) is 42.5 Å². The average Bonchev–Trinajstić information content (AvgIpc) is 3.04. The van der Waals surface area contributed by atoms with Gasteiger partial charge in [-0.2, -0.15) is 0 Å². The van der Waals surface area contributed by atoms with Gasteiger partial charge in [0.25, 0.3) is 5.91 Å². The standard InChI is InChI=1S/C24H21Cl3N2O5/c1-12-5-6-14(25)8-20(12)28-21(30)11-34-24(33)13-3-2-4-15(7-13)29-22(31)16-9-18(26)19(27)10-17(16)23(29)32/h2-8,16-19H,9-11H2,1H3,(H,28,30)/t16-,17-,18-,19+/m1/s1. The smallest absolute Gasteiger partial charge is 0.338 e. The number of carbonyl (C=O) groups excluding carboxylic acids is 4. The van der Waals surface area contributed by atoms with Crippen LogP contribution >= 0.6 is 34.8 Å². The lowest BCUT2D eigenvalue weighted by Gasteiger charge is -2.28. The predicted molar refractivity (Wildman–Crippen MR) is 130 cm³/mol. The molecule has 2 aromatic rings. The van der Waals surface area contributed by atoms with Crippen molar-refractivity contribution in [1.29, 1.82) is 0 Å². The van der Waals surface area contributed by atoms with E-state index in [0.717, 1.165) is 10.5 Å².